The van der Waals surface area contributed by atoms with Crippen LogP contribution in [0.25, 0.3) is 0 Å². The second-order valence-corrected chi connectivity index (χ2v) is 3.87. The zero-order valence-electron chi connectivity index (χ0n) is 7.37. The lowest BCUT2D eigenvalue weighted by molar-refractivity contribution is 0.216. The van der Waals surface area contributed by atoms with Gasteiger partial charge in [0.1, 0.15) is 10.9 Å². The molecule has 0 saturated heterocycles. The van der Waals surface area contributed by atoms with Crippen LogP contribution in [0.2, 0.25) is 5.15 Å². The molecule has 0 spiro atoms. The smallest absolute Gasteiger partial charge is 0.276 e. The highest BCUT2D eigenvalue weighted by Crippen LogP contribution is 2.28. The molecule has 0 aromatic carbocycles. The molecule has 0 aliphatic heterocycles. The molecule has 1 aromatic heterocycles. The summed E-state index contributed by atoms with van der Waals surface area (Å²) >= 11 is 6.85. The summed E-state index contributed by atoms with van der Waals surface area (Å²) in [5.41, 5.74) is 0. The molecule has 0 fully saturated rings. The number of nitrogens with zero attached hydrogens (tertiary/aromatic N) is 2. The zero-order chi connectivity index (χ0) is 9.84. The Kier molecular flexibility index (Phi) is 3.52. The second kappa shape index (κ2) is 4.45. The predicted octanol–water partition coefficient (Wildman–Crippen LogP) is 2.85. The van der Waals surface area contributed by atoms with Crippen molar-refractivity contribution in [1.29, 1.82) is 5.26 Å². The molecule has 1 atom stereocenters. The molecule has 70 valence electrons. The Morgan fingerprint density at radius 2 is 2.46 bits per heavy atom. The first kappa shape index (κ1) is 10.3. The number of rotatable bonds is 3. The van der Waals surface area contributed by atoms with Crippen molar-refractivity contribution < 1.29 is 4.74 Å². The Morgan fingerprint density at radius 3 is 2.92 bits per heavy atom. The zero-order valence-corrected chi connectivity index (χ0v) is 8.95. The van der Waals surface area contributed by atoms with Crippen molar-refractivity contribution in [2.24, 2.45) is 0 Å². The maximum absolute atomic E-state index is 8.60. The molecule has 5 heteroatoms. The standard InChI is InChI=1S/C8H9ClN2OS/c1-3-5(2)12-8-11-7(9)6(4-10)13-8/h5H,3H2,1-2H3. The van der Waals surface area contributed by atoms with Crippen LogP contribution in [-0.2, 0) is 0 Å². The van der Waals surface area contributed by atoms with Gasteiger partial charge in [0.25, 0.3) is 5.19 Å². The van der Waals surface area contributed by atoms with Gasteiger partial charge >= 0.3 is 0 Å². The summed E-state index contributed by atoms with van der Waals surface area (Å²) in [6, 6.07) is 1.95. The van der Waals surface area contributed by atoms with Crippen LogP contribution in [0.4, 0.5) is 0 Å². The molecular formula is C8H9ClN2OS. The van der Waals surface area contributed by atoms with Crippen LogP contribution in [0.15, 0.2) is 0 Å². The molecular weight excluding hydrogens is 208 g/mol. The number of aromatic nitrogens is 1. The van der Waals surface area contributed by atoms with Crippen LogP contribution < -0.4 is 4.74 Å². The van der Waals surface area contributed by atoms with Crippen LogP contribution in [0.1, 0.15) is 25.1 Å². The lowest BCUT2D eigenvalue weighted by atomic mass is 10.3. The van der Waals surface area contributed by atoms with Gasteiger partial charge in [-0.15, -0.1) is 0 Å². The minimum absolute atomic E-state index is 0.105. The molecule has 0 saturated carbocycles. The van der Waals surface area contributed by atoms with E-state index in [9.17, 15) is 0 Å². The van der Waals surface area contributed by atoms with Crippen molar-refractivity contribution in [2.75, 3.05) is 0 Å². The first-order valence-electron chi connectivity index (χ1n) is 3.90. The van der Waals surface area contributed by atoms with E-state index in [1.807, 2.05) is 19.9 Å². The fraction of sp³-hybridized carbons (Fsp3) is 0.500. The Balaban J connectivity index is 2.75. The molecule has 0 radical (unpaired) electrons. The maximum Gasteiger partial charge on any atom is 0.276 e. The van der Waals surface area contributed by atoms with Gasteiger partial charge in [-0.1, -0.05) is 29.9 Å². The third kappa shape index (κ3) is 2.58. The van der Waals surface area contributed by atoms with Gasteiger partial charge in [0, 0.05) is 0 Å². The normalized spacial score (nSPS) is 12.2. The van der Waals surface area contributed by atoms with E-state index in [0.29, 0.717) is 10.1 Å². The minimum atomic E-state index is 0.105. The topological polar surface area (TPSA) is 45.9 Å². The van der Waals surface area contributed by atoms with Gasteiger partial charge in [-0.3, -0.25) is 0 Å². The van der Waals surface area contributed by atoms with Crippen molar-refractivity contribution in [3.63, 3.8) is 0 Å². The summed E-state index contributed by atoms with van der Waals surface area (Å²) < 4.78 is 5.40. The third-order valence-electron chi connectivity index (χ3n) is 1.54. The molecule has 0 aliphatic carbocycles. The molecule has 1 heterocycles. The summed E-state index contributed by atoms with van der Waals surface area (Å²) in [5, 5.41) is 9.30. The van der Waals surface area contributed by atoms with Crippen molar-refractivity contribution in [3.8, 4) is 11.3 Å². The van der Waals surface area contributed by atoms with E-state index in [-0.39, 0.29) is 11.3 Å². The number of halogens is 1. The number of nitriles is 1. The lowest BCUT2D eigenvalue weighted by Crippen LogP contribution is -2.09. The number of ether oxygens (including phenoxy) is 1. The van der Waals surface area contributed by atoms with E-state index in [2.05, 4.69) is 4.98 Å². The largest absolute Gasteiger partial charge is 0.467 e. The van der Waals surface area contributed by atoms with Crippen LogP contribution in [-0.4, -0.2) is 11.1 Å². The van der Waals surface area contributed by atoms with Crippen LogP contribution in [0.3, 0.4) is 0 Å². The summed E-state index contributed by atoms with van der Waals surface area (Å²) in [5.74, 6) is 0. The molecule has 0 amide bonds. The Morgan fingerprint density at radius 1 is 1.77 bits per heavy atom. The summed E-state index contributed by atoms with van der Waals surface area (Å²) in [4.78, 5) is 4.31. The molecule has 0 bridgehead atoms. The predicted molar refractivity (Wildman–Crippen MR) is 52.2 cm³/mol. The first-order chi connectivity index (χ1) is 6.17. The number of thiazole rings is 1. The van der Waals surface area contributed by atoms with Crippen molar-refractivity contribution in [3.05, 3.63) is 10.0 Å². The minimum Gasteiger partial charge on any atom is -0.467 e. The van der Waals surface area contributed by atoms with Crippen molar-refractivity contribution in [2.45, 2.75) is 26.4 Å². The first-order valence-corrected chi connectivity index (χ1v) is 5.10. The fourth-order valence-electron chi connectivity index (χ4n) is 0.658. The fourth-order valence-corrected chi connectivity index (χ4v) is 1.64. The van der Waals surface area contributed by atoms with Gasteiger partial charge in [0.2, 0.25) is 0 Å². The maximum atomic E-state index is 8.60. The summed E-state index contributed by atoms with van der Waals surface area (Å²) in [6.07, 6.45) is 1.01. The van der Waals surface area contributed by atoms with E-state index in [0.717, 1.165) is 6.42 Å². The Labute approximate surface area is 85.9 Å². The van der Waals surface area contributed by atoms with E-state index < -0.39 is 0 Å². The highest BCUT2D eigenvalue weighted by molar-refractivity contribution is 7.14. The van der Waals surface area contributed by atoms with E-state index >= 15 is 0 Å². The average Bonchev–Trinajstić information content (AvgIpc) is 2.46. The van der Waals surface area contributed by atoms with E-state index in [1.54, 1.807) is 0 Å². The molecule has 13 heavy (non-hydrogen) atoms. The Bertz CT molecular complexity index is 331. The van der Waals surface area contributed by atoms with E-state index in [4.69, 9.17) is 21.6 Å². The van der Waals surface area contributed by atoms with Gasteiger partial charge in [-0.2, -0.15) is 10.2 Å². The molecule has 0 N–H and O–H groups in total. The molecule has 1 aromatic rings. The van der Waals surface area contributed by atoms with Crippen LogP contribution >= 0.6 is 22.9 Å². The van der Waals surface area contributed by atoms with Crippen molar-refractivity contribution in [1.82, 2.24) is 4.98 Å². The molecule has 1 unspecified atom stereocenters. The van der Waals surface area contributed by atoms with Gasteiger partial charge in [-0.05, 0) is 13.3 Å². The van der Waals surface area contributed by atoms with Gasteiger partial charge in [0.15, 0.2) is 5.15 Å². The number of hydrogen-bond acceptors (Lipinski definition) is 4. The highest BCUT2D eigenvalue weighted by atomic mass is 35.5. The number of hydrogen-bond donors (Lipinski definition) is 0. The monoisotopic (exact) mass is 216 g/mol. The van der Waals surface area contributed by atoms with Crippen LogP contribution in [0, 0.1) is 11.3 Å². The van der Waals surface area contributed by atoms with Crippen molar-refractivity contribution >= 4 is 22.9 Å². The summed E-state index contributed by atoms with van der Waals surface area (Å²) in [7, 11) is 0. The molecule has 3 nitrogen and oxygen atoms in total. The lowest BCUT2D eigenvalue weighted by Gasteiger charge is -2.07. The molecule has 1 rings (SSSR count). The van der Waals surface area contributed by atoms with Gasteiger partial charge in [-0.25, -0.2) is 0 Å². The van der Waals surface area contributed by atoms with Gasteiger partial charge in [0.05, 0.1) is 6.10 Å². The third-order valence-corrected chi connectivity index (χ3v) is 2.78. The highest BCUT2D eigenvalue weighted by Gasteiger charge is 2.11. The summed E-state index contributed by atoms with van der Waals surface area (Å²) in [6.45, 7) is 3.96. The molecule has 0 aliphatic rings. The quantitative estimate of drug-likeness (QED) is 0.781. The van der Waals surface area contributed by atoms with E-state index in [1.165, 1.54) is 11.3 Å². The van der Waals surface area contributed by atoms with Crippen LogP contribution in [0.5, 0.6) is 5.19 Å². The van der Waals surface area contributed by atoms with Gasteiger partial charge < -0.3 is 4.74 Å². The Hall–Kier alpha value is -0.790. The second-order valence-electron chi connectivity index (χ2n) is 2.55. The SMILES string of the molecule is CCC(C)Oc1nc(Cl)c(C#N)s1. The average molecular weight is 217 g/mol.